The molecule has 0 radical (unpaired) electrons. The van der Waals surface area contributed by atoms with Gasteiger partial charge in [-0.3, -0.25) is 0 Å². The van der Waals surface area contributed by atoms with Gasteiger partial charge >= 0.3 is 0 Å². The standard InChI is InChI=1S/C13H19NO2S/c1-3-7-17-8-6-14-10-11-9-12(16-2)4-5-13(11)15/h3-5,9,14-15H,1,6-8,10H2,2H3. The van der Waals surface area contributed by atoms with Gasteiger partial charge in [-0.15, -0.1) is 6.58 Å². The first kappa shape index (κ1) is 13.9. The Balaban J connectivity index is 2.32. The molecule has 0 aliphatic rings. The first-order chi connectivity index (χ1) is 8.27. The maximum Gasteiger partial charge on any atom is 0.120 e. The third-order valence-electron chi connectivity index (χ3n) is 2.26. The van der Waals surface area contributed by atoms with E-state index in [2.05, 4.69) is 11.9 Å². The van der Waals surface area contributed by atoms with Gasteiger partial charge in [-0.25, -0.2) is 0 Å². The molecule has 0 aliphatic heterocycles. The molecule has 0 saturated carbocycles. The molecule has 1 aromatic rings. The topological polar surface area (TPSA) is 41.5 Å². The number of aromatic hydroxyl groups is 1. The minimum atomic E-state index is 0.303. The highest BCUT2D eigenvalue weighted by Crippen LogP contribution is 2.22. The number of methoxy groups -OCH3 is 1. The van der Waals surface area contributed by atoms with E-state index in [-0.39, 0.29) is 0 Å². The molecule has 0 saturated heterocycles. The molecule has 0 amide bonds. The number of thioether (sulfide) groups is 1. The van der Waals surface area contributed by atoms with Crippen LogP contribution in [0.5, 0.6) is 11.5 Å². The average Bonchev–Trinajstić information content (AvgIpc) is 2.35. The van der Waals surface area contributed by atoms with Crippen LogP contribution in [0.2, 0.25) is 0 Å². The summed E-state index contributed by atoms with van der Waals surface area (Å²) < 4.78 is 5.12. The smallest absolute Gasteiger partial charge is 0.120 e. The van der Waals surface area contributed by atoms with E-state index >= 15 is 0 Å². The van der Waals surface area contributed by atoms with Gasteiger partial charge in [-0.2, -0.15) is 11.8 Å². The maximum atomic E-state index is 9.66. The highest BCUT2D eigenvalue weighted by molar-refractivity contribution is 7.99. The monoisotopic (exact) mass is 253 g/mol. The Hall–Kier alpha value is -1.13. The zero-order valence-corrected chi connectivity index (χ0v) is 10.9. The van der Waals surface area contributed by atoms with Crippen molar-refractivity contribution in [2.45, 2.75) is 6.54 Å². The molecule has 0 bridgehead atoms. The van der Waals surface area contributed by atoms with Crippen molar-refractivity contribution < 1.29 is 9.84 Å². The van der Waals surface area contributed by atoms with E-state index in [9.17, 15) is 5.11 Å². The van der Waals surface area contributed by atoms with Crippen LogP contribution in [0.15, 0.2) is 30.9 Å². The molecule has 0 aliphatic carbocycles. The fraction of sp³-hybridized carbons (Fsp3) is 0.385. The van der Waals surface area contributed by atoms with Gasteiger partial charge in [-0.1, -0.05) is 6.08 Å². The number of phenols is 1. The number of rotatable bonds is 8. The minimum Gasteiger partial charge on any atom is -0.508 e. The SMILES string of the molecule is C=CCSCCNCc1cc(OC)ccc1O. The molecule has 0 atom stereocenters. The van der Waals surface area contributed by atoms with Gasteiger partial charge in [0.15, 0.2) is 0 Å². The number of benzene rings is 1. The summed E-state index contributed by atoms with van der Waals surface area (Å²) in [7, 11) is 1.62. The Morgan fingerprint density at radius 2 is 2.35 bits per heavy atom. The van der Waals surface area contributed by atoms with Gasteiger partial charge in [0.25, 0.3) is 0 Å². The van der Waals surface area contributed by atoms with Crippen molar-refractivity contribution >= 4 is 11.8 Å². The number of hydrogen-bond donors (Lipinski definition) is 2. The predicted molar refractivity (Wildman–Crippen MR) is 73.9 cm³/mol. The van der Waals surface area contributed by atoms with Gasteiger partial charge in [-0.05, 0) is 18.2 Å². The van der Waals surface area contributed by atoms with Crippen LogP contribution in [0, 0.1) is 0 Å². The predicted octanol–water partition coefficient (Wildman–Crippen LogP) is 2.41. The average molecular weight is 253 g/mol. The molecule has 0 heterocycles. The van der Waals surface area contributed by atoms with Crippen molar-refractivity contribution in [2.24, 2.45) is 0 Å². The van der Waals surface area contributed by atoms with E-state index in [0.29, 0.717) is 12.3 Å². The number of nitrogens with one attached hydrogen (secondary N) is 1. The molecule has 0 unspecified atom stereocenters. The lowest BCUT2D eigenvalue weighted by Gasteiger charge is -2.08. The second-order valence-electron chi connectivity index (χ2n) is 3.54. The molecule has 0 aromatic heterocycles. The molecule has 1 aromatic carbocycles. The molecule has 17 heavy (non-hydrogen) atoms. The third-order valence-corrected chi connectivity index (χ3v) is 3.23. The molecule has 1 rings (SSSR count). The van der Waals surface area contributed by atoms with Crippen LogP contribution in [0.25, 0.3) is 0 Å². The lowest BCUT2D eigenvalue weighted by molar-refractivity contribution is 0.410. The highest BCUT2D eigenvalue weighted by Gasteiger charge is 2.02. The first-order valence-electron chi connectivity index (χ1n) is 5.53. The number of ether oxygens (including phenoxy) is 1. The molecule has 4 heteroatoms. The highest BCUT2D eigenvalue weighted by atomic mass is 32.2. The largest absolute Gasteiger partial charge is 0.508 e. The zero-order valence-electron chi connectivity index (χ0n) is 10.1. The zero-order chi connectivity index (χ0) is 12.5. The van der Waals surface area contributed by atoms with Crippen LogP contribution >= 0.6 is 11.8 Å². The van der Waals surface area contributed by atoms with E-state index in [1.807, 2.05) is 23.9 Å². The molecule has 3 nitrogen and oxygen atoms in total. The Morgan fingerprint density at radius 3 is 3.06 bits per heavy atom. The van der Waals surface area contributed by atoms with Crippen molar-refractivity contribution in [3.05, 3.63) is 36.4 Å². The van der Waals surface area contributed by atoms with Crippen molar-refractivity contribution in [3.8, 4) is 11.5 Å². The summed E-state index contributed by atoms with van der Waals surface area (Å²) >= 11 is 1.83. The van der Waals surface area contributed by atoms with Crippen molar-refractivity contribution in [3.63, 3.8) is 0 Å². The van der Waals surface area contributed by atoms with Crippen molar-refractivity contribution in [1.29, 1.82) is 0 Å². The summed E-state index contributed by atoms with van der Waals surface area (Å²) in [4.78, 5) is 0. The van der Waals surface area contributed by atoms with Gasteiger partial charge in [0.2, 0.25) is 0 Å². The van der Waals surface area contributed by atoms with Crippen LogP contribution in [-0.2, 0) is 6.54 Å². The Bertz CT molecular complexity index is 355. The third kappa shape index (κ3) is 5.15. The quantitative estimate of drug-likeness (QED) is 0.551. The van der Waals surface area contributed by atoms with Crippen LogP contribution in [0.3, 0.4) is 0 Å². The maximum absolute atomic E-state index is 9.66. The van der Waals surface area contributed by atoms with Gasteiger partial charge in [0.05, 0.1) is 7.11 Å². The van der Waals surface area contributed by atoms with Crippen molar-refractivity contribution in [1.82, 2.24) is 5.32 Å². The van der Waals surface area contributed by atoms with Gasteiger partial charge in [0.1, 0.15) is 11.5 Å². The summed E-state index contributed by atoms with van der Waals surface area (Å²) in [5.74, 6) is 3.08. The Morgan fingerprint density at radius 1 is 1.53 bits per heavy atom. The van der Waals surface area contributed by atoms with Crippen LogP contribution in [0.1, 0.15) is 5.56 Å². The van der Waals surface area contributed by atoms with E-state index < -0.39 is 0 Å². The van der Waals surface area contributed by atoms with Gasteiger partial charge in [0, 0.05) is 30.2 Å². The molecule has 0 fully saturated rings. The second kappa shape index (κ2) is 8.03. The number of phenolic OH excluding ortho intramolecular Hbond substituents is 1. The second-order valence-corrected chi connectivity index (χ2v) is 4.68. The lowest BCUT2D eigenvalue weighted by Crippen LogP contribution is -2.16. The summed E-state index contributed by atoms with van der Waals surface area (Å²) in [5.41, 5.74) is 0.859. The van der Waals surface area contributed by atoms with E-state index in [1.165, 1.54) is 0 Å². The lowest BCUT2D eigenvalue weighted by atomic mass is 10.2. The Labute approximate surface area is 107 Å². The molecule has 0 spiro atoms. The summed E-state index contributed by atoms with van der Waals surface area (Å²) in [6.07, 6.45) is 1.90. The van der Waals surface area contributed by atoms with E-state index in [0.717, 1.165) is 29.4 Å². The summed E-state index contributed by atoms with van der Waals surface area (Å²) in [6.45, 7) is 5.23. The van der Waals surface area contributed by atoms with Crippen LogP contribution < -0.4 is 10.1 Å². The normalized spacial score (nSPS) is 10.2. The number of hydrogen-bond acceptors (Lipinski definition) is 4. The Kier molecular flexibility index (Phi) is 6.58. The molecule has 2 N–H and O–H groups in total. The summed E-state index contributed by atoms with van der Waals surface area (Å²) in [5, 5.41) is 12.9. The molecular formula is C13H19NO2S. The fourth-order valence-corrected chi connectivity index (χ4v) is 1.99. The fourth-order valence-electron chi connectivity index (χ4n) is 1.36. The van der Waals surface area contributed by atoms with Crippen LogP contribution in [0.4, 0.5) is 0 Å². The van der Waals surface area contributed by atoms with Crippen molar-refractivity contribution in [2.75, 3.05) is 25.2 Å². The van der Waals surface area contributed by atoms with Gasteiger partial charge < -0.3 is 15.2 Å². The molecule has 94 valence electrons. The first-order valence-corrected chi connectivity index (χ1v) is 6.68. The minimum absolute atomic E-state index is 0.303. The van der Waals surface area contributed by atoms with E-state index in [4.69, 9.17) is 4.74 Å². The molecular weight excluding hydrogens is 234 g/mol. The van der Waals surface area contributed by atoms with E-state index in [1.54, 1.807) is 19.2 Å². The van der Waals surface area contributed by atoms with Crippen LogP contribution in [-0.4, -0.2) is 30.3 Å². The summed E-state index contributed by atoms with van der Waals surface area (Å²) in [6, 6.07) is 5.25.